The second-order valence-corrected chi connectivity index (χ2v) is 10.2. The van der Waals surface area contributed by atoms with Crippen molar-refractivity contribution >= 4 is 28.3 Å². The summed E-state index contributed by atoms with van der Waals surface area (Å²) < 4.78 is 43.9. The number of piperidine rings is 1. The maximum atomic E-state index is 15.0. The number of aromatic nitrogens is 1. The summed E-state index contributed by atoms with van der Waals surface area (Å²) in [6.45, 7) is 3.23. The topological polar surface area (TPSA) is 74.5 Å². The summed E-state index contributed by atoms with van der Waals surface area (Å²) in [6, 6.07) is 11.7. The Balaban J connectivity index is 1.74. The van der Waals surface area contributed by atoms with Crippen LogP contribution >= 0.6 is 0 Å². The van der Waals surface area contributed by atoms with E-state index < -0.39 is 17.7 Å². The molecule has 4 aromatic rings. The third kappa shape index (κ3) is 5.40. The molecule has 1 fully saturated rings. The minimum atomic E-state index is -0.882. The molecule has 202 valence electrons. The van der Waals surface area contributed by atoms with Crippen LogP contribution in [0.4, 0.5) is 29.3 Å². The van der Waals surface area contributed by atoms with Gasteiger partial charge in [-0.05, 0) is 66.8 Å². The van der Waals surface area contributed by atoms with Crippen molar-refractivity contribution in [2.75, 3.05) is 37.4 Å². The Morgan fingerprint density at radius 2 is 1.69 bits per heavy atom. The lowest BCUT2D eigenvalue weighted by Crippen LogP contribution is -2.40. The van der Waals surface area contributed by atoms with E-state index in [1.54, 1.807) is 18.3 Å². The number of pyridine rings is 1. The normalized spacial score (nSPS) is 14.1. The third-order valence-electron chi connectivity index (χ3n) is 7.05. The van der Waals surface area contributed by atoms with Crippen LogP contribution in [0.25, 0.3) is 33.2 Å². The van der Waals surface area contributed by atoms with Gasteiger partial charge in [-0.3, -0.25) is 4.98 Å². The quantitative estimate of drug-likeness (QED) is 0.322. The fraction of sp³-hybridized carbons (Fsp3) is 0.267. The molecule has 5 rings (SSSR count). The predicted octanol–water partition coefficient (Wildman–Crippen LogP) is 6.32. The van der Waals surface area contributed by atoms with E-state index >= 15 is 0 Å². The molecular weight excluding hydrogens is 503 g/mol. The average Bonchev–Trinajstić information content (AvgIpc) is 2.89. The highest BCUT2D eigenvalue weighted by Gasteiger charge is 2.24. The van der Waals surface area contributed by atoms with Gasteiger partial charge in [-0.1, -0.05) is 12.1 Å². The summed E-state index contributed by atoms with van der Waals surface area (Å²) in [7, 11) is 3.06. The Labute approximate surface area is 225 Å². The number of anilines is 2. The number of benzene rings is 3. The van der Waals surface area contributed by atoms with E-state index in [1.807, 2.05) is 19.1 Å². The summed E-state index contributed by atoms with van der Waals surface area (Å²) in [4.78, 5) is 20.5. The van der Waals surface area contributed by atoms with Gasteiger partial charge in [0.15, 0.2) is 0 Å². The maximum Gasteiger partial charge on any atom is 0.321 e. The van der Waals surface area contributed by atoms with E-state index in [9.17, 15) is 18.0 Å². The van der Waals surface area contributed by atoms with Crippen molar-refractivity contribution in [3.63, 3.8) is 0 Å². The number of carbonyl (C=O) groups excluding carboxylic acids is 1. The molecule has 2 heterocycles. The van der Waals surface area contributed by atoms with Crippen molar-refractivity contribution in [3.8, 4) is 22.3 Å². The van der Waals surface area contributed by atoms with E-state index in [-0.39, 0.29) is 23.1 Å². The van der Waals surface area contributed by atoms with E-state index in [4.69, 9.17) is 5.73 Å². The number of hydrogen-bond acceptors (Lipinski definition) is 4. The number of rotatable bonds is 4. The SMILES string of the molecule is Cc1cc(F)cc(-c2cnc3ccc(-c4cc(F)cc(F)c4NC(=O)N(C)C)cc3c2N2CCC(N)CC2)c1. The van der Waals surface area contributed by atoms with Crippen LogP contribution in [0, 0.1) is 24.4 Å². The van der Waals surface area contributed by atoms with Crippen molar-refractivity contribution in [1.29, 1.82) is 0 Å². The zero-order chi connectivity index (χ0) is 27.8. The molecule has 3 N–H and O–H groups in total. The van der Waals surface area contributed by atoms with E-state index in [0.29, 0.717) is 29.7 Å². The molecule has 6 nitrogen and oxygen atoms in total. The highest BCUT2D eigenvalue weighted by Crippen LogP contribution is 2.41. The van der Waals surface area contributed by atoms with Gasteiger partial charge < -0.3 is 20.9 Å². The minimum absolute atomic E-state index is 0.0999. The molecule has 2 amide bonds. The molecule has 0 atom stereocenters. The van der Waals surface area contributed by atoms with Crippen molar-refractivity contribution < 1.29 is 18.0 Å². The highest BCUT2D eigenvalue weighted by molar-refractivity contribution is 6.03. The van der Waals surface area contributed by atoms with Crippen LogP contribution in [-0.4, -0.2) is 49.1 Å². The van der Waals surface area contributed by atoms with Crippen LogP contribution in [0.5, 0.6) is 0 Å². The van der Waals surface area contributed by atoms with Crippen molar-refractivity contribution in [3.05, 3.63) is 77.7 Å². The van der Waals surface area contributed by atoms with Crippen molar-refractivity contribution in [2.24, 2.45) is 5.73 Å². The van der Waals surface area contributed by atoms with Gasteiger partial charge in [-0.25, -0.2) is 18.0 Å². The standard InChI is InChI=1S/C30H30F3N5O/c1-17-10-19(12-20(31)11-17)25-16-35-27-5-4-18(13-24(27)29(25)38-8-6-22(34)7-9-38)23-14-21(32)15-26(33)28(23)36-30(39)37(2)3/h4-5,10-16,22H,6-9,34H2,1-3H3,(H,36,39). The maximum absolute atomic E-state index is 15.0. The van der Waals surface area contributed by atoms with Gasteiger partial charge in [-0.15, -0.1) is 0 Å². The average molecular weight is 534 g/mol. The molecule has 1 aliphatic rings. The van der Waals surface area contributed by atoms with Crippen molar-refractivity contribution in [2.45, 2.75) is 25.8 Å². The van der Waals surface area contributed by atoms with Crippen LogP contribution in [0.2, 0.25) is 0 Å². The number of carbonyl (C=O) groups is 1. The Morgan fingerprint density at radius 1 is 0.974 bits per heavy atom. The van der Waals surface area contributed by atoms with Crippen LogP contribution in [-0.2, 0) is 0 Å². The summed E-state index contributed by atoms with van der Waals surface area (Å²) in [5.41, 5.74) is 10.5. The third-order valence-corrected chi connectivity index (χ3v) is 7.05. The number of nitrogens with one attached hydrogen (secondary N) is 1. The zero-order valence-corrected chi connectivity index (χ0v) is 22.1. The summed E-state index contributed by atoms with van der Waals surface area (Å²) in [5, 5.41) is 3.30. The molecule has 3 aromatic carbocycles. The molecular formula is C30H30F3N5O. The first-order valence-electron chi connectivity index (χ1n) is 12.8. The van der Waals surface area contributed by atoms with Crippen LogP contribution in [0.15, 0.2) is 54.7 Å². The smallest absolute Gasteiger partial charge is 0.321 e. The molecule has 9 heteroatoms. The molecule has 0 unspecified atom stereocenters. The lowest BCUT2D eigenvalue weighted by atomic mass is 9.95. The molecule has 0 aliphatic carbocycles. The molecule has 0 spiro atoms. The van der Waals surface area contributed by atoms with Gasteiger partial charge in [-0.2, -0.15) is 0 Å². The number of amides is 2. The molecule has 1 aliphatic heterocycles. The molecule has 39 heavy (non-hydrogen) atoms. The van der Waals surface area contributed by atoms with Gasteiger partial charge >= 0.3 is 6.03 Å². The van der Waals surface area contributed by atoms with Gasteiger partial charge in [0, 0.05) is 62.0 Å². The molecule has 0 bridgehead atoms. The largest absolute Gasteiger partial charge is 0.370 e. The summed E-state index contributed by atoms with van der Waals surface area (Å²) in [5.74, 6) is -1.99. The zero-order valence-electron chi connectivity index (χ0n) is 22.1. The van der Waals surface area contributed by atoms with E-state index in [0.717, 1.165) is 41.1 Å². The number of aryl methyl sites for hydroxylation is 1. The molecule has 1 aromatic heterocycles. The Bertz CT molecular complexity index is 1540. The minimum Gasteiger partial charge on any atom is -0.370 e. The van der Waals surface area contributed by atoms with Crippen LogP contribution < -0.4 is 16.0 Å². The van der Waals surface area contributed by atoms with Crippen LogP contribution in [0.3, 0.4) is 0 Å². The second kappa shape index (κ2) is 10.6. The fourth-order valence-corrected chi connectivity index (χ4v) is 5.06. The lowest BCUT2D eigenvalue weighted by molar-refractivity contribution is 0.230. The Kier molecular flexibility index (Phi) is 7.18. The molecule has 0 radical (unpaired) electrons. The van der Waals surface area contributed by atoms with Crippen molar-refractivity contribution in [1.82, 2.24) is 9.88 Å². The van der Waals surface area contributed by atoms with Gasteiger partial charge in [0.05, 0.1) is 16.9 Å². The second-order valence-electron chi connectivity index (χ2n) is 10.2. The summed E-state index contributed by atoms with van der Waals surface area (Å²) in [6.07, 6.45) is 3.33. The molecule has 0 saturated carbocycles. The lowest BCUT2D eigenvalue weighted by Gasteiger charge is -2.34. The summed E-state index contributed by atoms with van der Waals surface area (Å²) >= 11 is 0. The van der Waals surface area contributed by atoms with Gasteiger partial charge in [0.25, 0.3) is 0 Å². The number of halogens is 3. The predicted molar refractivity (Wildman–Crippen MR) is 149 cm³/mol. The monoisotopic (exact) mass is 533 g/mol. The Morgan fingerprint density at radius 3 is 2.38 bits per heavy atom. The number of fused-ring (bicyclic) bond motifs is 1. The number of nitrogens with two attached hydrogens (primary N) is 1. The first kappa shape index (κ1) is 26.5. The van der Waals surface area contributed by atoms with E-state index in [1.165, 1.54) is 37.2 Å². The fourth-order valence-electron chi connectivity index (χ4n) is 5.06. The van der Waals surface area contributed by atoms with E-state index in [2.05, 4.69) is 15.2 Å². The van der Waals surface area contributed by atoms with Gasteiger partial charge in [0.1, 0.15) is 17.5 Å². The number of hydrogen-bond donors (Lipinski definition) is 2. The number of urea groups is 1. The highest BCUT2D eigenvalue weighted by atomic mass is 19.1. The van der Waals surface area contributed by atoms with Gasteiger partial charge in [0.2, 0.25) is 0 Å². The molecule has 1 saturated heterocycles. The van der Waals surface area contributed by atoms with Crippen LogP contribution in [0.1, 0.15) is 18.4 Å². The Hall–Kier alpha value is -4.11. The number of nitrogens with zero attached hydrogens (tertiary/aromatic N) is 3. The first-order chi connectivity index (χ1) is 18.6. The first-order valence-corrected chi connectivity index (χ1v) is 12.8.